The summed E-state index contributed by atoms with van der Waals surface area (Å²) < 4.78 is 5.09. The molecule has 27 heavy (non-hydrogen) atoms. The van der Waals surface area contributed by atoms with Gasteiger partial charge in [0.15, 0.2) is 0 Å². The number of nitrogens with one attached hydrogen (secondary N) is 2. The summed E-state index contributed by atoms with van der Waals surface area (Å²) in [5.41, 5.74) is 6.73. The molecule has 0 radical (unpaired) electrons. The molecule has 7 nitrogen and oxygen atoms in total. The van der Waals surface area contributed by atoms with Gasteiger partial charge in [-0.15, -0.1) is 0 Å². The highest BCUT2D eigenvalue weighted by molar-refractivity contribution is 6.32. The van der Waals surface area contributed by atoms with Crippen molar-refractivity contribution in [3.05, 3.63) is 58.6 Å². The number of ether oxygens (including phenoxy) is 1. The van der Waals surface area contributed by atoms with Crippen LogP contribution < -0.4 is 21.1 Å². The molecule has 0 aliphatic heterocycles. The highest BCUT2D eigenvalue weighted by Crippen LogP contribution is 2.25. The van der Waals surface area contributed by atoms with Crippen LogP contribution >= 0.6 is 11.6 Å². The van der Waals surface area contributed by atoms with Crippen LogP contribution in [0.25, 0.3) is 0 Å². The number of anilines is 1. The molecule has 0 saturated carbocycles. The molecular weight excluding hydrogens is 370 g/mol. The Kier molecular flexibility index (Phi) is 6.79. The maximum Gasteiger partial charge on any atom is 0.254 e. The first-order chi connectivity index (χ1) is 12.8. The molecule has 8 heteroatoms. The monoisotopic (exact) mass is 389 g/mol. The van der Waals surface area contributed by atoms with Gasteiger partial charge in [0.2, 0.25) is 11.8 Å². The van der Waals surface area contributed by atoms with E-state index in [0.29, 0.717) is 22.0 Å². The van der Waals surface area contributed by atoms with Crippen molar-refractivity contribution in [2.24, 2.45) is 5.73 Å². The molecule has 4 N–H and O–H groups in total. The first-order valence-corrected chi connectivity index (χ1v) is 8.48. The third-order valence-corrected chi connectivity index (χ3v) is 4.08. The minimum absolute atomic E-state index is 0.160. The molecule has 0 aliphatic rings. The van der Waals surface area contributed by atoms with E-state index in [1.54, 1.807) is 42.5 Å². The number of primary amides is 1. The molecule has 0 bridgehead atoms. The third-order valence-electron chi connectivity index (χ3n) is 3.79. The summed E-state index contributed by atoms with van der Waals surface area (Å²) >= 11 is 6.09. The summed E-state index contributed by atoms with van der Waals surface area (Å²) in [6, 6.07) is 10.6. The lowest BCUT2D eigenvalue weighted by molar-refractivity contribution is -0.119. The number of carbonyl (C=O) groups is 3. The van der Waals surface area contributed by atoms with Gasteiger partial charge < -0.3 is 21.1 Å². The van der Waals surface area contributed by atoms with Crippen LogP contribution in [0.1, 0.15) is 22.8 Å². The molecule has 0 saturated heterocycles. The lowest BCUT2D eigenvalue weighted by Crippen LogP contribution is -2.46. The number of rotatable bonds is 7. The quantitative estimate of drug-likeness (QED) is 0.673. The summed E-state index contributed by atoms with van der Waals surface area (Å²) in [4.78, 5) is 35.7. The molecule has 0 aliphatic carbocycles. The number of halogens is 1. The Bertz CT molecular complexity index is 870. The van der Waals surface area contributed by atoms with E-state index in [2.05, 4.69) is 10.6 Å². The van der Waals surface area contributed by atoms with Gasteiger partial charge in [0, 0.05) is 13.3 Å². The second-order valence-electron chi connectivity index (χ2n) is 5.83. The average molecular weight is 390 g/mol. The predicted octanol–water partition coefficient (Wildman–Crippen LogP) is 2.13. The second-order valence-corrected chi connectivity index (χ2v) is 6.24. The Morgan fingerprint density at radius 1 is 1.19 bits per heavy atom. The van der Waals surface area contributed by atoms with Gasteiger partial charge in [-0.25, -0.2) is 0 Å². The molecular formula is C19H20ClN3O4. The summed E-state index contributed by atoms with van der Waals surface area (Å²) in [6.07, 6.45) is 0.160. The molecule has 0 spiro atoms. The zero-order valence-electron chi connectivity index (χ0n) is 14.9. The second kappa shape index (κ2) is 9.05. The topological polar surface area (TPSA) is 111 Å². The number of carbonyl (C=O) groups excluding carboxylic acids is 3. The van der Waals surface area contributed by atoms with Crippen LogP contribution in [-0.2, 0) is 16.0 Å². The fraction of sp³-hybridized carbons (Fsp3) is 0.211. The molecule has 3 amide bonds. The highest BCUT2D eigenvalue weighted by atomic mass is 35.5. The summed E-state index contributed by atoms with van der Waals surface area (Å²) in [7, 11) is 1.50. The van der Waals surface area contributed by atoms with E-state index in [4.69, 9.17) is 22.1 Å². The molecule has 142 valence electrons. The van der Waals surface area contributed by atoms with Gasteiger partial charge >= 0.3 is 0 Å². The van der Waals surface area contributed by atoms with E-state index < -0.39 is 17.9 Å². The van der Waals surface area contributed by atoms with Gasteiger partial charge in [0.05, 0.1) is 23.4 Å². The largest absolute Gasteiger partial charge is 0.495 e. The number of hydrogen-bond donors (Lipinski definition) is 3. The lowest BCUT2D eigenvalue weighted by Gasteiger charge is -2.17. The Morgan fingerprint density at radius 2 is 1.89 bits per heavy atom. The maximum absolute atomic E-state index is 12.6. The van der Waals surface area contributed by atoms with Crippen LogP contribution in [0.15, 0.2) is 42.5 Å². The number of benzene rings is 2. The Hall–Kier alpha value is -3.06. The van der Waals surface area contributed by atoms with E-state index in [9.17, 15) is 14.4 Å². The van der Waals surface area contributed by atoms with E-state index in [0.717, 1.165) is 0 Å². The minimum atomic E-state index is -0.952. The van der Waals surface area contributed by atoms with Crippen molar-refractivity contribution in [1.29, 1.82) is 0 Å². The van der Waals surface area contributed by atoms with Gasteiger partial charge in [-0.3, -0.25) is 14.4 Å². The van der Waals surface area contributed by atoms with Crippen LogP contribution in [0, 0.1) is 0 Å². The normalized spacial score (nSPS) is 11.4. The maximum atomic E-state index is 12.6. The Balaban J connectivity index is 2.19. The van der Waals surface area contributed by atoms with Gasteiger partial charge in [0.25, 0.3) is 5.91 Å². The zero-order chi connectivity index (χ0) is 20.0. The lowest BCUT2D eigenvalue weighted by atomic mass is 10.0. The summed E-state index contributed by atoms with van der Waals surface area (Å²) in [6.45, 7) is 1.34. The minimum Gasteiger partial charge on any atom is -0.495 e. The van der Waals surface area contributed by atoms with Crippen molar-refractivity contribution in [3.63, 3.8) is 0 Å². The van der Waals surface area contributed by atoms with Gasteiger partial charge in [-0.1, -0.05) is 29.8 Å². The zero-order valence-corrected chi connectivity index (χ0v) is 15.7. The van der Waals surface area contributed by atoms with Crippen LogP contribution in [0.3, 0.4) is 0 Å². The first-order valence-electron chi connectivity index (χ1n) is 8.11. The van der Waals surface area contributed by atoms with Crippen LogP contribution in [-0.4, -0.2) is 30.9 Å². The van der Waals surface area contributed by atoms with Crippen LogP contribution in [0.4, 0.5) is 5.69 Å². The predicted molar refractivity (Wildman–Crippen MR) is 103 cm³/mol. The van der Waals surface area contributed by atoms with E-state index in [1.807, 2.05) is 0 Å². The highest BCUT2D eigenvalue weighted by Gasteiger charge is 2.21. The van der Waals surface area contributed by atoms with E-state index in [1.165, 1.54) is 14.0 Å². The average Bonchev–Trinajstić information content (AvgIpc) is 2.61. The number of nitrogens with two attached hydrogens (primary N) is 1. The van der Waals surface area contributed by atoms with Crippen molar-refractivity contribution in [1.82, 2.24) is 5.32 Å². The number of amides is 3. The van der Waals surface area contributed by atoms with Crippen LogP contribution in [0.5, 0.6) is 5.75 Å². The Morgan fingerprint density at radius 3 is 2.48 bits per heavy atom. The summed E-state index contributed by atoms with van der Waals surface area (Å²) in [5.74, 6) is -1.02. The molecule has 0 unspecified atom stereocenters. The SMILES string of the molecule is COc1ccc(C[C@H](NC(=O)c2ccccc2NC(C)=O)C(N)=O)cc1Cl. The van der Waals surface area contributed by atoms with Gasteiger partial charge in [-0.05, 0) is 29.8 Å². The van der Waals surface area contributed by atoms with Crippen LogP contribution in [0.2, 0.25) is 5.02 Å². The molecule has 0 fully saturated rings. The fourth-order valence-electron chi connectivity index (χ4n) is 2.51. The Labute approximate surface area is 161 Å². The van der Waals surface area contributed by atoms with Crippen molar-refractivity contribution in [3.8, 4) is 5.75 Å². The smallest absolute Gasteiger partial charge is 0.254 e. The number of para-hydroxylation sites is 1. The van der Waals surface area contributed by atoms with Gasteiger partial charge in [0.1, 0.15) is 11.8 Å². The van der Waals surface area contributed by atoms with E-state index >= 15 is 0 Å². The molecule has 2 aromatic rings. The van der Waals surface area contributed by atoms with Crippen molar-refractivity contribution < 1.29 is 19.1 Å². The van der Waals surface area contributed by atoms with E-state index in [-0.39, 0.29) is 17.9 Å². The molecule has 0 heterocycles. The standard InChI is InChI=1S/C19H20ClN3O4/c1-11(24)22-15-6-4-3-5-13(15)19(26)23-16(18(21)25)10-12-7-8-17(27-2)14(20)9-12/h3-9,16H,10H2,1-2H3,(H2,21,25)(H,22,24)(H,23,26)/t16-/m0/s1. The summed E-state index contributed by atoms with van der Waals surface area (Å²) in [5, 5.41) is 5.57. The fourth-order valence-corrected chi connectivity index (χ4v) is 2.79. The van der Waals surface area contributed by atoms with Crippen molar-refractivity contribution in [2.45, 2.75) is 19.4 Å². The molecule has 2 rings (SSSR count). The number of methoxy groups -OCH3 is 1. The molecule has 1 atom stereocenters. The molecule has 0 aromatic heterocycles. The first kappa shape index (κ1) is 20.3. The van der Waals surface area contributed by atoms with Gasteiger partial charge in [-0.2, -0.15) is 0 Å². The van der Waals surface area contributed by atoms with Crippen molar-refractivity contribution in [2.75, 3.05) is 12.4 Å². The molecule has 2 aromatic carbocycles. The van der Waals surface area contributed by atoms with Crippen molar-refractivity contribution >= 4 is 35.0 Å². The number of hydrogen-bond acceptors (Lipinski definition) is 4. The third kappa shape index (κ3) is 5.46.